The van der Waals surface area contributed by atoms with Gasteiger partial charge < -0.3 is 15.8 Å². The second kappa shape index (κ2) is 6.45. The van der Waals surface area contributed by atoms with E-state index in [1.54, 1.807) is 19.2 Å². The van der Waals surface area contributed by atoms with Crippen molar-refractivity contribution in [3.05, 3.63) is 18.2 Å². The molecule has 0 aromatic heterocycles. The second-order valence-electron chi connectivity index (χ2n) is 5.75. The van der Waals surface area contributed by atoms with E-state index >= 15 is 0 Å². The van der Waals surface area contributed by atoms with E-state index in [9.17, 15) is 8.42 Å². The number of nitrogens with two attached hydrogens (primary N) is 1. The maximum atomic E-state index is 11.6. The first kappa shape index (κ1) is 16.8. The molecule has 1 aromatic rings. The number of para-hydroxylation sites is 1. The minimum absolute atomic E-state index is 0.0313. The molecule has 0 fully saturated rings. The molecule has 20 heavy (non-hydrogen) atoms. The van der Waals surface area contributed by atoms with Crippen LogP contribution in [0.2, 0.25) is 0 Å². The largest absolute Gasteiger partial charge is 0.396 e. The summed E-state index contributed by atoms with van der Waals surface area (Å²) < 4.78 is 28.3. The Labute approximate surface area is 121 Å². The van der Waals surface area contributed by atoms with Gasteiger partial charge in [-0.25, -0.2) is 8.42 Å². The Morgan fingerprint density at radius 3 is 2.55 bits per heavy atom. The van der Waals surface area contributed by atoms with Crippen LogP contribution in [0.3, 0.4) is 0 Å². The second-order valence-corrected chi connectivity index (χ2v) is 7.73. The van der Waals surface area contributed by atoms with Crippen molar-refractivity contribution >= 4 is 21.2 Å². The molecule has 6 heteroatoms. The number of sulfone groups is 1. The summed E-state index contributed by atoms with van der Waals surface area (Å²) in [5.74, 6) is 0. The molecule has 0 aliphatic heterocycles. The van der Waals surface area contributed by atoms with Gasteiger partial charge >= 0.3 is 0 Å². The molecule has 3 N–H and O–H groups in total. The summed E-state index contributed by atoms with van der Waals surface area (Å²) in [5, 5.41) is 3.23. The van der Waals surface area contributed by atoms with Crippen LogP contribution in [0.4, 0.5) is 11.4 Å². The molecule has 0 aliphatic rings. The molecule has 0 spiro atoms. The lowest BCUT2D eigenvalue weighted by Crippen LogP contribution is -2.25. The van der Waals surface area contributed by atoms with Crippen LogP contribution >= 0.6 is 0 Å². The number of hydrogen-bond acceptors (Lipinski definition) is 5. The Morgan fingerprint density at radius 2 is 2.00 bits per heavy atom. The lowest BCUT2D eigenvalue weighted by atomic mass is 9.89. The first-order chi connectivity index (χ1) is 9.17. The minimum atomic E-state index is -3.31. The number of nitrogens with one attached hydrogen (secondary N) is 1. The summed E-state index contributed by atoms with van der Waals surface area (Å²) in [6.45, 7) is 5.62. The Bertz CT molecular complexity index is 554. The van der Waals surface area contributed by atoms with Crippen LogP contribution < -0.4 is 11.1 Å². The molecule has 1 aromatic carbocycles. The van der Waals surface area contributed by atoms with Crippen LogP contribution in [0.5, 0.6) is 0 Å². The molecule has 0 amide bonds. The van der Waals surface area contributed by atoms with Crippen LogP contribution in [-0.4, -0.2) is 34.9 Å². The maximum Gasteiger partial charge on any atom is 0.177 e. The molecule has 0 atom stereocenters. The number of nitrogen functional groups attached to an aromatic ring is 1. The van der Waals surface area contributed by atoms with Crippen LogP contribution in [-0.2, 0) is 14.6 Å². The average Bonchev–Trinajstić information content (AvgIpc) is 2.34. The van der Waals surface area contributed by atoms with Crippen LogP contribution in [0.1, 0.15) is 20.3 Å². The van der Waals surface area contributed by atoms with E-state index in [2.05, 4.69) is 19.2 Å². The molecule has 0 saturated heterocycles. The van der Waals surface area contributed by atoms with Crippen molar-refractivity contribution in [1.29, 1.82) is 0 Å². The van der Waals surface area contributed by atoms with Crippen molar-refractivity contribution in [3.63, 3.8) is 0 Å². The predicted molar refractivity (Wildman–Crippen MR) is 82.7 cm³/mol. The molecule has 0 aliphatic carbocycles. The zero-order chi connectivity index (χ0) is 15.4. The molecular weight excluding hydrogens is 276 g/mol. The third-order valence-corrected chi connectivity index (χ3v) is 4.36. The fourth-order valence-electron chi connectivity index (χ4n) is 1.82. The van der Waals surface area contributed by atoms with Gasteiger partial charge in [-0.05, 0) is 24.0 Å². The van der Waals surface area contributed by atoms with Crippen LogP contribution in [0, 0.1) is 5.41 Å². The van der Waals surface area contributed by atoms with Gasteiger partial charge in [0.25, 0.3) is 0 Å². The molecule has 0 unspecified atom stereocenters. The fourth-order valence-corrected chi connectivity index (χ4v) is 2.66. The first-order valence-electron chi connectivity index (χ1n) is 6.49. The molecule has 0 radical (unpaired) electrons. The summed E-state index contributed by atoms with van der Waals surface area (Å²) in [6.07, 6.45) is 2.06. The van der Waals surface area contributed by atoms with Crippen molar-refractivity contribution in [1.82, 2.24) is 0 Å². The van der Waals surface area contributed by atoms with Gasteiger partial charge in [0.15, 0.2) is 9.84 Å². The SMILES string of the molecule is COCCC(C)(C)CNc1cccc(S(C)(=O)=O)c1N. The van der Waals surface area contributed by atoms with E-state index in [0.717, 1.165) is 12.7 Å². The standard InChI is InChI=1S/C14H24N2O3S/c1-14(2,8-9-19-3)10-16-11-6-5-7-12(13(11)15)20(4,17)18/h5-7,16H,8-10,15H2,1-4H3. The van der Waals surface area contributed by atoms with Gasteiger partial charge in [-0.3, -0.25) is 0 Å². The summed E-state index contributed by atoms with van der Waals surface area (Å²) in [4.78, 5) is 0.164. The number of hydrogen-bond donors (Lipinski definition) is 2. The normalized spacial score (nSPS) is 12.4. The summed E-state index contributed by atoms with van der Waals surface area (Å²) in [6, 6.07) is 5.00. The van der Waals surface area contributed by atoms with Gasteiger partial charge in [0.2, 0.25) is 0 Å². The molecule has 114 valence electrons. The smallest absolute Gasteiger partial charge is 0.177 e. The van der Waals surface area contributed by atoms with Gasteiger partial charge in [-0.1, -0.05) is 19.9 Å². The zero-order valence-corrected chi connectivity index (χ0v) is 13.4. The first-order valence-corrected chi connectivity index (χ1v) is 8.38. The predicted octanol–water partition coefficient (Wildman–Crippen LogP) is 2.15. The number of benzene rings is 1. The quantitative estimate of drug-likeness (QED) is 0.754. The Morgan fingerprint density at radius 1 is 1.35 bits per heavy atom. The van der Waals surface area contributed by atoms with Crippen molar-refractivity contribution in [3.8, 4) is 0 Å². The van der Waals surface area contributed by atoms with E-state index in [1.165, 1.54) is 6.07 Å². The minimum Gasteiger partial charge on any atom is -0.396 e. The van der Waals surface area contributed by atoms with Crippen molar-refractivity contribution in [2.24, 2.45) is 5.41 Å². The van der Waals surface area contributed by atoms with E-state index in [4.69, 9.17) is 10.5 Å². The van der Waals surface area contributed by atoms with Crippen molar-refractivity contribution < 1.29 is 13.2 Å². The number of methoxy groups -OCH3 is 1. The van der Waals surface area contributed by atoms with E-state index < -0.39 is 9.84 Å². The molecule has 0 heterocycles. The fraction of sp³-hybridized carbons (Fsp3) is 0.571. The highest BCUT2D eigenvalue weighted by atomic mass is 32.2. The molecular formula is C14H24N2O3S. The molecule has 0 bridgehead atoms. The summed E-state index contributed by atoms with van der Waals surface area (Å²) >= 11 is 0. The Kier molecular flexibility index (Phi) is 5.42. The lowest BCUT2D eigenvalue weighted by molar-refractivity contribution is 0.157. The monoisotopic (exact) mass is 300 g/mol. The lowest BCUT2D eigenvalue weighted by Gasteiger charge is -2.25. The van der Waals surface area contributed by atoms with Gasteiger partial charge in [-0.2, -0.15) is 0 Å². The van der Waals surface area contributed by atoms with Gasteiger partial charge in [0, 0.05) is 26.5 Å². The average molecular weight is 300 g/mol. The molecule has 0 saturated carbocycles. The Balaban J connectivity index is 2.84. The van der Waals surface area contributed by atoms with Gasteiger partial charge in [0.1, 0.15) is 0 Å². The number of anilines is 2. The number of rotatable bonds is 7. The van der Waals surface area contributed by atoms with E-state index in [0.29, 0.717) is 18.8 Å². The van der Waals surface area contributed by atoms with Crippen LogP contribution in [0.25, 0.3) is 0 Å². The third-order valence-electron chi connectivity index (χ3n) is 3.21. The highest BCUT2D eigenvalue weighted by molar-refractivity contribution is 7.90. The van der Waals surface area contributed by atoms with Crippen molar-refractivity contribution in [2.45, 2.75) is 25.2 Å². The van der Waals surface area contributed by atoms with Gasteiger partial charge in [-0.15, -0.1) is 0 Å². The Hall–Kier alpha value is -1.27. The summed E-state index contributed by atoms with van der Waals surface area (Å²) in [5.41, 5.74) is 6.89. The topological polar surface area (TPSA) is 81.4 Å². The molecule has 1 rings (SSSR count). The summed E-state index contributed by atoms with van der Waals surface area (Å²) in [7, 11) is -1.63. The highest BCUT2D eigenvalue weighted by Crippen LogP contribution is 2.28. The number of ether oxygens (including phenoxy) is 1. The van der Waals surface area contributed by atoms with Crippen LogP contribution in [0.15, 0.2) is 23.1 Å². The molecule has 5 nitrogen and oxygen atoms in total. The van der Waals surface area contributed by atoms with Gasteiger partial charge in [0.05, 0.1) is 16.3 Å². The third kappa shape index (κ3) is 4.68. The maximum absolute atomic E-state index is 11.6. The highest BCUT2D eigenvalue weighted by Gasteiger charge is 2.19. The van der Waals surface area contributed by atoms with E-state index in [-0.39, 0.29) is 16.0 Å². The van der Waals surface area contributed by atoms with Crippen molar-refractivity contribution in [2.75, 3.05) is 37.6 Å². The van der Waals surface area contributed by atoms with E-state index in [1.807, 2.05) is 0 Å². The zero-order valence-electron chi connectivity index (χ0n) is 12.6.